The average Bonchev–Trinajstić information content (AvgIpc) is 3.16. The third-order valence-corrected chi connectivity index (χ3v) is 4.96. The number of ether oxygens (including phenoxy) is 1. The third kappa shape index (κ3) is 4.49. The van der Waals surface area contributed by atoms with E-state index in [9.17, 15) is 9.18 Å². The van der Waals surface area contributed by atoms with Crippen LogP contribution in [0.25, 0.3) is 0 Å². The molecule has 2 unspecified atom stereocenters. The van der Waals surface area contributed by atoms with Crippen LogP contribution in [0.3, 0.4) is 0 Å². The summed E-state index contributed by atoms with van der Waals surface area (Å²) >= 11 is 1.54. The number of halogens is 1. The van der Waals surface area contributed by atoms with E-state index in [1.54, 1.807) is 30.4 Å². The standard InChI is InChI=1S/C21H20FNO2S/c1-14-5-11-18(12-6-14)25-15(2)21(24)23-20(19-4-3-13-26-19)16-7-9-17(22)10-8-16/h3-13,15,20H,1-2H3,(H,23,24). The van der Waals surface area contributed by atoms with E-state index in [4.69, 9.17) is 4.74 Å². The van der Waals surface area contributed by atoms with Crippen molar-refractivity contribution in [3.63, 3.8) is 0 Å². The lowest BCUT2D eigenvalue weighted by molar-refractivity contribution is -0.127. The molecule has 0 saturated heterocycles. The molecule has 0 spiro atoms. The maximum absolute atomic E-state index is 13.2. The van der Waals surface area contributed by atoms with E-state index >= 15 is 0 Å². The Hall–Kier alpha value is -2.66. The van der Waals surface area contributed by atoms with Crippen LogP contribution in [0.15, 0.2) is 66.0 Å². The molecule has 0 radical (unpaired) electrons. The van der Waals surface area contributed by atoms with Crippen molar-refractivity contribution in [2.75, 3.05) is 0 Å². The molecule has 3 aromatic rings. The first kappa shape index (κ1) is 18.1. The number of nitrogens with one attached hydrogen (secondary N) is 1. The first-order valence-electron chi connectivity index (χ1n) is 8.35. The van der Waals surface area contributed by atoms with Gasteiger partial charge in [-0.15, -0.1) is 11.3 Å². The van der Waals surface area contributed by atoms with Crippen molar-refractivity contribution in [2.24, 2.45) is 0 Å². The molecule has 0 saturated carbocycles. The molecule has 0 fully saturated rings. The van der Waals surface area contributed by atoms with Crippen molar-refractivity contribution in [3.8, 4) is 5.75 Å². The number of rotatable bonds is 6. The summed E-state index contributed by atoms with van der Waals surface area (Å²) in [5.41, 5.74) is 1.95. The van der Waals surface area contributed by atoms with Gasteiger partial charge in [-0.2, -0.15) is 0 Å². The van der Waals surface area contributed by atoms with Gasteiger partial charge in [0.25, 0.3) is 5.91 Å². The van der Waals surface area contributed by atoms with Gasteiger partial charge in [0.2, 0.25) is 0 Å². The second kappa shape index (κ2) is 8.15. The maximum Gasteiger partial charge on any atom is 0.261 e. The molecule has 1 aromatic heterocycles. The van der Waals surface area contributed by atoms with Crippen LogP contribution < -0.4 is 10.1 Å². The van der Waals surface area contributed by atoms with Crippen LogP contribution in [0.5, 0.6) is 5.75 Å². The quantitative estimate of drug-likeness (QED) is 0.673. The Morgan fingerprint density at radius 3 is 2.38 bits per heavy atom. The zero-order chi connectivity index (χ0) is 18.5. The zero-order valence-electron chi connectivity index (χ0n) is 14.6. The van der Waals surface area contributed by atoms with Gasteiger partial charge in [0.15, 0.2) is 6.10 Å². The minimum Gasteiger partial charge on any atom is -0.481 e. The SMILES string of the molecule is Cc1ccc(OC(C)C(=O)NC(c2ccc(F)cc2)c2cccs2)cc1. The van der Waals surface area contributed by atoms with Crippen LogP contribution in [-0.2, 0) is 4.79 Å². The van der Waals surface area contributed by atoms with E-state index in [0.717, 1.165) is 16.0 Å². The summed E-state index contributed by atoms with van der Waals surface area (Å²) < 4.78 is 19.0. The molecule has 5 heteroatoms. The molecule has 1 heterocycles. The molecular formula is C21H20FNO2S. The molecular weight excluding hydrogens is 349 g/mol. The lowest BCUT2D eigenvalue weighted by Gasteiger charge is -2.21. The first-order chi connectivity index (χ1) is 12.5. The highest BCUT2D eigenvalue weighted by molar-refractivity contribution is 7.10. The predicted molar refractivity (Wildman–Crippen MR) is 102 cm³/mol. The van der Waals surface area contributed by atoms with Crippen LogP contribution in [0.2, 0.25) is 0 Å². The first-order valence-corrected chi connectivity index (χ1v) is 9.23. The van der Waals surface area contributed by atoms with Crippen LogP contribution in [0, 0.1) is 12.7 Å². The van der Waals surface area contributed by atoms with Gasteiger partial charge in [-0.1, -0.05) is 35.9 Å². The van der Waals surface area contributed by atoms with Gasteiger partial charge in [-0.3, -0.25) is 4.79 Å². The van der Waals surface area contributed by atoms with E-state index in [1.165, 1.54) is 12.1 Å². The molecule has 3 nitrogen and oxygen atoms in total. The summed E-state index contributed by atoms with van der Waals surface area (Å²) in [5, 5.41) is 4.96. The van der Waals surface area contributed by atoms with E-state index in [0.29, 0.717) is 5.75 Å². The van der Waals surface area contributed by atoms with Crippen molar-refractivity contribution < 1.29 is 13.9 Å². The zero-order valence-corrected chi connectivity index (χ0v) is 15.4. The molecule has 26 heavy (non-hydrogen) atoms. The molecule has 1 N–H and O–H groups in total. The number of hydrogen-bond acceptors (Lipinski definition) is 3. The van der Waals surface area contributed by atoms with Gasteiger partial charge < -0.3 is 10.1 Å². The Balaban J connectivity index is 1.74. The smallest absolute Gasteiger partial charge is 0.261 e. The molecule has 0 bridgehead atoms. The minimum atomic E-state index is -0.652. The lowest BCUT2D eigenvalue weighted by atomic mass is 10.0. The Morgan fingerprint density at radius 2 is 1.77 bits per heavy atom. The molecule has 2 aromatic carbocycles. The van der Waals surface area contributed by atoms with Crippen LogP contribution in [0.1, 0.15) is 29.0 Å². The number of carbonyl (C=O) groups excluding carboxylic acids is 1. The van der Waals surface area contributed by atoms with Gasteiger partial charge in [-0.05, 0) is 55.1 Å². The normalized spacial score (nSPS) is 13.0. The number of aryl methyl sites for hydroxylation is 1. The lowest BCUT2D eigenvalue weighted by Crippen LogP contribution is -2.38. The predicted octanol–water partition coefficient (Wildman–Crippen LogP) is 4.87. The number of amides is 1. The molecule has 0 aliphatic carbocycles. The van der Waals surface area contributed by atoms with E-state index in [-0.39, 0.29) is 17.8 Å². The van der Waals surface area contributed by atoms with Crippen molar-refractivity contribution >= 4 is 17.2 Å². The number of carbonyl (C=O) groups is 1. The van der Waals surface area contributed by atoms with Gasteiger partial charge in [0.1, 0.15) is 11.6 Å². The maximum atomic E-state index is 13.2. The highest BCUT2D eigenvalue weighted by Crippen LogP contribution is 2.26. The summed E-state index contributed by atoms with van der Waals surface area (Å²) in [5.74, 6) is 0.113. The monoisotopic (exact) mass is 369 g/mol. The summed E-state index contributed by atoms with van der Waals surface area (Å²) in [4.78, 5) is 13.6. The number of hydrogen-bond donors (Lipinski definition) is 1. The topological polar surface area (TPSA) is 38.3 Å². The molecule has 0 aliphatic heterocycles. The Bertz CT molecular complexity index is 845. The van der Waals surface area contributed by atoms with Gasteiger partial charge >= 0.3 is 0 Å². The van der Waals surface area contributed by atoms with Crippen molar-refractivity contribution in [1.29, 1.82) is 0 Å². The highest BCUT2D eigenvalue weighted by Gasteiger charge is 2.22. The Morgan fingerprint density at radius 1 is 1.08 bits per heavy atom. The van der Waals surface area contributed by atoms with Gasteiger partial charge in [0.05, 0.1) is 6.04 Å². The van der Waals surface area contributed by atoms with E-state index in [2.05, 4.69) is 5.32 Å². The number of thiophene rings is 1. The second-order valence-corrected chi connectivity index (χ2v) is 7.06. The fraction of sp³-hybridized carbons (Fsp3) is 0.190. The highest BCUT2D eigenvalue weighted by atomic mass is 32.1. The third-order valence-electron chi connectivity index (χ3n) is 4.02. The van der Waals surface area contributed by atoms with Gasteiger partial charge in [-0.25, -0.2) is 4.39 Å². The van der Waals surface area contributed by atoms with Crippen LogP contribution in [-0.4, -0.2) is 12.0 Å². The average molecular weight is 369 g/mol. The van der Waals surface area contributed by atoms with Crippen molar-refractivity contribution in [2.45, 2.75) is 26.0 Å². The van der Waals surface area contributed by atoms with E-state index < -0.39 is 6.10 Å². The summed E-state index contributed by atoms with van der Waals surface area (Å²) in [6.07, 6.45) is -0.652. The van der Waals surface area contributed by atoms with Crippen molar-refractivity contribution in [1.82, 2.24) is 5.32 Å². The van der Waals surface area contributed by atoms with Crippen LogP contribution in [0.4, 0.5) is 4.39 Å². The molecule has 1 amide bonds. The molecule has 134 valence electrons. The molecule has 0 aliphatic rings. The Labute approximate surface area is 156 Å². The van der Waals surface area contributed by atoms with Crippen LogP contribution >= 0.6 is 11.3 Å². The molecule has 3 rings (SSSR count). The summed E-state index contributed by atoms with van der Waals surface area (Å²) in [6, 6.07) is 17.3. The number of benzene rings is 2. The summed E-state index contributed by atoms with van der Waals surface area (Å²) in [6.45, 7) is 3.71. The second-order valence-electron chi connectivity index (χ2n) is 6.08. The Kier molecular flexibility index (Phi) is 5.68. The van der Waals surface area contributed by atoms with E-state index in [1.807, 2.05) is 48.7 Å². The minimum absolute atomic E-state index is 0.228. The van der Waals surface area contributed by atoms with Gasteiger partial charge in [0, 0.05) is 4.88 Å². The van der Waals surface area contributed by atoms with Crippen molar-refractivity contribution in [3.05, 3.63) is 87.9 Å². The largest absolute Gasteiger partial charge is 0.481 e. The summed E-state index contributed by atoms with van der Waals surface area (Å²) in [7, 11) is 0. The fourth-order valence-electron chi connectivity index (χ4n) is 2.56. The fourth-order valence-corrected chi connectivity index (χ4v) is 3.37. The molecule has 2 atom stereocenters.